The molecule has 2 rings (SSSR count). The van der Waals surface area contributed by atoms with Gasteiger partial charge in [-0.15, -0.1) is 0 Å². The topological polar surface area (TPSA) is 52.6 Å². The largest absolute Gasteiger partial charge is 0.462 e. The molecule has 0 aliphatic rings. The van der Waals surface area contributed by atoms with Crippen molar-refractivity contribution in [1.29, 1.82) is 0 Å². The van der Waals surface area contributed by atoms with Crippen LogP contribution in [0.15, 0.2) is 48.5 Å². The van der Waals surface area contributed by atoms with E-state index in [0.717, 1.165) is 22.3 Å². The predicted molar refractivity (Wildman–Crippen MR) is 97.4 cm³/mol. The molecule has 0 fully saturated rings. The fourth-order valence-corrected chi connectivity index (χ4v) is 2.51. The van der Waals surface area contributed by atoms with Gasteiger partial charge >= 0.3 is 11.9 Å². The summed E-state index contributed by atoms with van der Waals surface area (Å²) in [7, 11) is 0. The third kappa shape index (κ3) is 5.92. The monoisotopic (exact) mass is 338 g/mol. The first-order valence-electron chi connectivity index (χ1n) is 8.14. The van der Waals surface area contributed by atoms with E-state index in [1.54, 1.807) is 6.08 Å². The van der Waals surface area contributed by atoms with Gasteiger partial charge in [0.25, 0.3) is 0 Å². The Hall–Kier alpha value is -2.88. The summed E-state index contributed by atoms with van der Waals surface area (Å²) >= 11 is 0. The number of carbonyl (C=O) groups is 2. The second kappa shape index (κ2) is 8.83. The molecule has 4 nitrogen and oxygen atoms in total. The van der Waals surface area contributed by atoms with Crippen LogP contribution in [0.1, 0.15) is 29.2 Å². The third-order valence-corrected chi connectivity index (χ3v) is 3.62. The first-order chi connectivity index (χ1) is 12.0. The van der Waals surface area contributed by atoms with Crippen LogP contribution >= 0.6 is 0 Å². The normalized spacial score (nSPS) is 10.7. The van der Waals surface area contributed by atoms with Gasteiger partial charge < -0.3 is 9.47 Å². The van der Waals surface area contributed by atoms with E-state index in [4.69, 9.17) is 9.47 Å². The van der Waals surface area contributed by atoms with Crippen LogP contribution in [-0.4, -0.2) is 18.5 Å². The molecule has 0 spiro atoms. The number of rotatable bonds is 6. The van der Waals surface area contributed by atoms with Crippen molar-refractivity contribution in [1.82, 2.24) is 0 Å². The summed E-state index contributed by atoms with van der Waals surface area (Å²) < 4.78 is 10.4. The summed E-state index contributed by atoms with van der Waals surface area (Å²) in [5, 5.41) is 0. The van der Waals surface area contributed by atoms with Gasteiger partial charge in [-0.25, -0.2) is 4.79 Å². The zero-order chi connectivity index (χ0) is 18.2. The Balaban J connectivity index is 1.92. The fraction of sp³-hybridized carbons (Fsp3) is 0.238. The molecule has 0 aliphatic heterocycles. The summed E-state index contributed by atoms with van der Waals surface area (Å²) in [4.78, 5) is 22.9. The van der Waals surface area contributed by atoms with Crippen LogP contribution in [0.2, 0.25) is 0 Å². The van der Waals surface area contributed by atoms with Crippen LogP contribution in [0.3, 0.4) is 0 Å². The maximum Gasteiger partial charge on any atom is 0.330 e. The number of carbonyl (C=O) groups excluding carboxylic acids is 2. The Morgan fingerprint density at radius 1 is 1.04 bits per heavy atom. The van der Waals surface area contributed by atoms with Gasteiger partial charge in [0, 0.05) is 19.4 Å². The Morgan fingerprint density at radius 3 is 2.28 bits per heavy atom. The highest BCUT2D eigenvalue weighted by molar-refractivity contribution is 5.87. The summed E-state index contributed by atoms with van der Waals surface area (Å²) in [5.74, 6) is -0.165. The van der Waals surface area contributed by atoms with Gasteiger partial charge in [-0.05, 0) is 54.3 Å². The van der Waals surface area contributed by atoms with Crippen LogP contribution < -0.4 is 4.74 Å². The van der Waals surface area contributed by atoms with Crippen molar-refractivity contribution < 1.29 is 19.1 Å². The van der Waals surface area contributed by atoms with Crippen LogP contribution in [0.4, 0.5) is 0 Å². The molecule has 2 aromatic carbocycles. The molecular formula is C21H22O4. The minimum Gasteiger partial charge on any atom is -0.462 e. The molecule has 0 amide bonds. The number of benzene rings is 2. The third-order valence-electron chi connectivity index (χ3n) is 3.62. The molecule has 0 heterocycles. The number of aryl methyl sites for hydroxylation is 2. The van der Waals surface area contributed by atoms with Crippen LogP contribution in [0.25, 0.3) is 6.08 Å². The van der Waals surface area contributed by atoms with Crippen LogP contribution in [0, 0.1) is 13.8 Å². The van der Waals surface area contributed by atoms with Gasteiger partial charge in [0.15, 0.2) is 0 Å². The molecular weight excluding hydrogens is 316 g/mol. The van der Waals surface area contributed by atoms with E-state index in [0.29, 0.717) is 18.8 Å². The Morgan fingerprint density at radius 2 is 1.68 bits per heavy atom. The zero-order valence-corrected chi connectivity index (χ0v) is 14.7. The summed E-state index contributed by atoms with van der Waals surface area (Å²) in [6.07, 6.45) is 3.79. The summed E-state index contributed by atoms with van der Waals surface area (Å²) in [6, 6.07) is 13.6. The number of hydrogen-bond donors (Lipinski definition) is 0. The second-order valence-corrected chi connectivity index (χ2v) is 5.81. The predicted octanol–water partition coefficient (Wildman–Crippen LogP) is 4.03. The van der Waals surface area contributed by atoms with Crippen molar-refractivity contribution in [3.05, 3.63) is 70.8 Å². The molecule has 0 radical (unpaired) electrons. The van der Waals surface area contributed by atoms with E-state index in [2.05, 4.69) is 0 Å². The Kier molecular flexibility index (Phi) is 6.52. The minimum atomic E-state index is -0.379. The lowest BCUT2D eigenvalue weighted by molar-refractivity contribution is -0.137. The van der Waals surface area contributed by atoms with E-state index >= 15 is 0 Å². The molecule has 130 valence electrons. The van der Waals surface area contributed by atoms with Gasteiger partial charge in [-0.3, -0.25) is 4.79 Å². The second-order valence-electron chi connectivity index (χ2n) is 5.81. The number of hydrogen-bond acceptors (Lipinski definition) is 4. The highest BCUT2D eigenvalue weighted by Gasteiger charge is 2.08. The molecule has 0 bridgehead atoms. The average molecular weight is 338 g/mol. The van der Waals surface area contributed by atoms with Gasteiger partial charge in [0.2, 0.25) is 0 Å². The summed E-state index contributed by atoms with van der Waals surface area (Å²) in [6.45, 7) is 5.44. The molecule has 2 aromatic rings. The zero-order valence-electron chi connectivity index (χ0n) is 14.7. The van der Waals surface area contributed by atoms with E-state index in [9.17, 15) is 9.59 Å². The smallest absolute Gasteiger partial charge is 0.330 e. The number of ether oxygens (including phenoxy) is 2. The van der Waals surface area contributed by atoms with Crippen molar-refractivity contribution in [3.63, 3.8) is 0 Å². The first kappa shape index (κ1) is 18.5. The highest BCUT2D eigenvalue weighted by atomic mass is 16.5. The van der Waals surface area contributed by atoms with Gasteiger partial charge in [0.05, 0.1) is 6.61 Å². The van der Waals surface area contributed by atoms with Gasteiger partial charge in [-0.1, -0.05) is 30.3 Å². The van der Waals surface area contributed by atoms with Crippen molar-refractivity contribution in [2.24, 2.45) is 0 Å². The molecule has 0 aliphatic carbocycles. The summed E-state index contributed by atoms with van der Waals surface area (Å²) in [5.41, 5.74) is 3.66. The lowest BCUT2D eigenvalue weighted by Gasteiger charge is -2.10. The molecule has 25 heavy (non-hydrogen) atoms. The van der Waals surface area contributed by atoms with Crippen molar-refractivity contribution in [3.8, 4) is 5.75 Å². The van der Waals surface area contributed by atoms with Crippen LogP contribution in [0.5, 0.6) is 5.75 Å². The van der Waals surface area contributed by atoms with Crippen molar-refractivity contribution in [2.75, 3.05) is 6.61 Å². The van der Waals surface area contributed by atoms with Gasteiger partial charge in [0.1, 0.15) is 5.75 Å². The molecule has 0 unspecified atom stereocenters. The lowest BCUT2D eigenvalue weighted by atomic mass is 10.1. The van der Waals surface area contributed by atoms with Gasteiger partial charge in [-0.2, -0.15) is 0 Å². The maximum absolute atomic E-state index is 11.8. The molecule has 0 saturated carbocycles. The Labute approximate surface area is 148 Å². The average Bonchev–Trinajstić information content (AvgIpc) is 2.57. The standard InChI is InChI=1S/C21H22O4/c1-15-13-19(14-16(2)21(15)25-17(3)22)9-10-20(23)24-12-11-18-7-5-4-6-8-18/h4-10,13-14H,11-12H2,1-3H3/b10-9+. The van der Waals surface area contributed by atoms with Crippen LogP contribution in [-0.2, 0) is 20.7 Å². The minimum absolute atomic E-state index is 0.344. The van der Waals surface area contributed by atoms with Crippen molar-refractivity contribution >= 4 is 18.0 Å². The van der Waals surface area contributed by atoms with E-state index in [-0.39, 0.29) is 11.9 Å². The lowest BCUT2D eigenvalue weighted by Crippen LogP contribution is -2.05. The van der Waals surface area contributed by atoms with E-state index in [1.165, 1.54) is 13.0 Å². The van der Waals surface area contributed by atoms with E-state index in [1.807, 2.05) is 56.3 Å². The molecule has 0 saturated heterocycles. The highest BCUT2D eigenvalue weighted by Crippen LogP contribution is 2.25. The molecule has 4 heteroatoms. The maximum atomic E-state index is 11.8. The van der Waals surface area contributed by atoms with E-state index < -0.39 is 0 Å². The molecule has 0 aromatic heterocycles. The quantitative estimate of drug-likeness (QED) is 0.453. The number of esters is 2. The molecule has 0 N–H and O–H groups in total. The van der Waals surface area contributed by atoms with Crippen molar-refractivity contribution in [2.45, 2.75) is 27.2 Å². The SMILES string of the molecule is CC(=O)Oc1c(C)cc(/C=C/C(=O)OCCc2ccccc2)cc1C. The molecule has 0 atom stereocenters. The Bertz CT molecular complexity index is 753. The fourth-order valence-electron chi connectivity index (χ4n) is 2.51. The first-order valence-corrected chi connectivity index (χ1v) is 8.14.